The number of imidazole rings is 1. The topological polar surface area (TPSA) is 69.0 Å². The van der Waals surface area contributed by atoms with E-state index in [4.69, 9.17) is 4.74 Å². The summed E-state index contributed by atoms with van der Waals surface area (Å²) >= 11 is 0. The minimum atomic E-state index is -0.553. The number of rotatable bonds is 8. The number of hydrogen-bond acceptors (Lipinski definition) is 6. The molecule has 4 aromatic rings. The molecular weight excluding hydrogens is 438 g/mol. The molecular formula is C25H26F2N6O. The Bertz CT molecular complexity index is 1270. The lowest BCUT2D eigenvalue weighted by atomic mass is 10.1. The van der Waals surface area contributed by atoms with E-state index in [9.17, 15) is 8.78 Å². The second-order valence-corrected chi connectivity index (χ2v) is 7.99. The molecule has 34 heavy (non-hydrogen) atoms. The predicted octanol–water partition coefficient (Wildman–Crippen LogP) is 5.03. The lowest BCUT2D eigenvalue weighted by Gasteiger charge is -2.30. The Morgan fingerprint density at radius 2 is 1.82 bits per heavy atom. The fraction of sp³-hybridized carbons (Fsp3) is 0.280. The van der Waals surface area contributed by atoms with E-state index >= 15 is 0 Å². The van der Waals surface area contributed by atoms with Crippen LogP contribution in [0.3, 0.4) is 0 Å². The first kappa shape index (κ1) is 23.3. The number of alkyl halides is 1. The van der Waals surface area contributed by atoms with E-state index in [-0.39, 0.29) is 18.4 Å². The van der Waals surface area contributed by atoms with Gasteiger partial charge < -0.3 is 14.2 Å². The Balaban J connectivity index is 1.66. The minimum absolute atomic E-state index is 0.137. The van der Waals surface area contributed by atoms with Crippen molar-refractivity contribution in [1.29, 1.82) is 0 Å². The third-order valence-corrected chi connectivity index (χ3v) is 5.66. The average molecular weight is 465 g/mol. The van der Waals surface area contributed by atoms with Crippen molar-refractivity contribution in [2.75, 3.05) is 25.2 Å². The fourth-order valence-corrected chi connectivity index (χ4v) is 3.86. The van der Waals surface area contributed by atoms with Gasteiger partial charge in [-0.1, -0.05) is 12.1 Å². The number of aryl methyl sites for hydroxylation is 2. The van der Waals surface area contributed by atoms with Crippen LogP contribution in [0.4, 0.5) is 14.6 Å². The predicted molar refractivity (Wildman–Crippen MR) is 127 cm³/mol. The highest BCUT2D eigenvalue weighted by molar-refractivity contribution is 5.61. The van der Waals surface area contributed by atoms with E-state index in [0.717, 1.165) is 22.5 Å². The van der Waals surface area contributed by atoms with Crippen molar-refractivity contribution in [2.24, 2.45) is 0 Å². The summed E-state index contributed by atoms with van der Waals surface area (Å²) in [7, 11) is 1.56. The van der Waals surface area contributed by atoms with E-state index in [2.05, 4.69) is 20.2 Å². The molecule has 0 aliphatic heterocycles. The summed E-state index contributed by atoms with van der Waals surface area (Å²) in [6.07, 6.45) is 3.59. The Morgan fingerprint density at radius 1 is 1.06 bits per heavy atom. The number of halogens is 2. The molecule has 0 spiro atoms. The molecule has 0 bridgehead atoms. The zero-order valence-corrected chi connectivity index (χ0v) is 19.5. The van der Waals surface area contributed by atoms with E-state index in [1.54, 1.807) is 25.6 Å². The highest BCUT2D eigenvalue weighted by Crippen LogP contribution is 2.30. The van der Waals surface area contributed by atoms with Crippen LogP contribution in [0.2, 0.25) is 0 Å². The highest BCUT2D eigenvalue weighted by atomic mass is 19.1. The molecule has 3 aromatic heterocycles. The Hall–Kier alpha value is -3.88. The standard InChI is InChI=1S/C25H26F2N6O/c1-16-13-22(21-9-10-23(25(29-21)34-4)32-14-17(2)28-15-32)30-31-24(16)33(12-11-26)18(3)19-5-7-20(27)8-6-19/h5-10,13-15,18H,11-12H2,1-4H3/t18-/m0/s1. The van der Waals surface area contributed by atoms with Crippen LogP contribution >= 0.6 is 0 Å². The molecule has 176 valence electrons. The van der Waals surface area contributed by atoms with Gasteiger partial charge in [0.1, 0.15) is 23.9 Å². The van der Waals surface area contributed by atoms with Crippen LogP contribution in [0.5, 0.6) is 5.88 Å². The van der Waals surface area contributed by atoms with E-state index in [0.29, 0.717) is 23.1 Å². The third kappa shape index (κ3) is 4.73. The molecule has 0 radical (unpaired) electrons. The van der Waals surface area contributed by atoms with Gasteiger partial charge >= 0.3 is 0 Å². The molecule has 9 heteroatoms. The van der Waals surface area contributed by atoms with Gasteiger partial charge in [-0.25, -0.2) is 18.7 Å². The van der Waals surface area contributed by atoms with Gasteiger partial charge in [0, 0.05) is 12.7 Å². The molecule has 1 aromatic carbocycles. The Morgan fingerprint density at radius 3 is 2.44 bits per heavy atom. The molecule has 4 rings (SSSR count). The summed E-state index contributed by atoms with van der Waals surface area (Å²) in [4.78, 5) is 10.7. The van der Waals surface area contributed by atoms with Crippen molar-refractivity contribution >= 4 is 5.82 Å². The third-order valence-electron chi connectivity index (χ3n) is 5.66. The van der Waals surface area contributed by atoms with Gasteiger partial charge in [0.25, 0.3) is 0 Å². The van der Waals surface area contributed by atoms with Crippen LogP contribution in [-0.4, -0.2) is 45.1 Å². The number of benzene rings is 1. The average Bonchev–Trinajstić information content (AvgIpc) is 3.28. The summed E-state index contributed by atoms with van der Waals surface area (Å²) in [5, 5.41) is 8.79. The molecule has 0 saturated carbocycles. The Kier molecular flexibility index (Phi) is 6.81. The van der Waals surface area contributed by atoms with Gasteiger partial charge in [0.15, 0.2) is 5.82 Å². The van der Waals surface area contributed by atoms with E-state index < -0.39 is 6.67 Å². The zero-order chi connectivity index (χ0) is 24.2. The lowest BCUT2D eigenvalue weighted by Crippen LogP contribution is -2.30. The van der Waals surface area contributed by atoms with Crippen molar-refractivity contribution in [3.05, 3.63) is 77.6 Å². The number of pyridine rings is 1. The van der Waals surface area contributed by atoms with Gasteiger partial charge in [-0.3, -0.25) is 0 Å². The number of nitrogens with zero attached hydrogens (tertiary/aromatic N) is 6. The highest BCUT2D eigenvalue weighted by Gasteiger charge is 2.21. The van der Waals surface area contributed by atoms with E-state index in [1.807, 2.05) is 54.6 Å². The normalized spacial score (nSPS) is 11.9. The van der Waals surface area contributed by atoms with Crippen molar-refractivity contribution in [3.63, 3.8) is 0 Å². The SMILES string of the molecule is COc1nc(-c2cc(C)c(N(CCF)[C@@H](C)c3ccc(F)cc3)nn2)ccc1-n1cnc(C)c1. The zero-order valence-electron chi connectivity index (χ0n) is 19.5. The maximum Gasteiger partial charge on any atom is 0.238 e. The van der Waals surface area contributed by atoms with Crippen LogP contribution in [0.1, 0.15) is 29.8 Å². The summed E-state index contributed by atoms with van der Waals surface area (Å²) in [5.74, 6) is 0.684. The van der Waals surface area contributed by atoms with Crippen molar-refractivity contribution in [2.45, 2.75) is 26.8 Å². The number of ether oxygens (including phenoxy) is 1. The van der Waals surface area contributed by atoms with Crippen molar-refractivity contribution in [1.82, 2.24) is 24.7 Å². The first-order chi connectivity index (χ1) is 16.4. The lowest BCUT2D eigenvalue weighted by molar-refractivity contribution is 0.396. The largest absolute Gasteiger partial charge is 0.479 e. The van der Waals surface area contributed by atoms with Gasteiger partial charge in [0.2, 0.25) is 5.88 Å². The molecule has 0 unspecified atom stereocenters. The molecule has 0 aliphatic carbocycles. The quantitative estimate of drug-likeness (QED) is 0.365. The summed E-state index contributed by atoms with van der Waals surface area (Å²) < 4.78 is 34.1. The Labute approximate surface area is 197 Å². The minimum Gasteiger partial charge on any atom is -0.479 e. The van der Waals surface area contributed by atoms with Gasteiger partial charge in [-0.15, -0.1) is 10.2 Å². The van der Waals surface area contributed by atoms with Crippen LogP contribution in [0.15, 0.2) is 55.0 Å². The molecule has 0 N–H and O–H groups in total. The van der Waals surface area contributed by atoms with Crippen LogP contribution in [0, 0.1) is 19.7 Å². The van der Waals surface area contributed by atoms with Crippen LogP contribution < -0.4 is 9.64 Å². The monoisotopic (exact) mass is 464 g/mol. The van der Waals surface area contributed by atoms with E-state index in [1.165, 1.54) is 12.1 Å². The van der Waals surface area contributed by atoms with Crippen molar-refractivity contribution < 1.29 is 13.5 Å². The number of hydrogen-bond donors (Lipinski definition) is 0. The first-order valence-electron chi connectivity index (χ1n) is 10.9. The van der Waals surface area contributed by atoms with Crippen LogP contribution in [0.25, 0.3) is 17.1 Å². The van der Waals surface area contributed by atoms with Gasteiger partial charge in [-0.05, 0) is 62.2 Å². The molecule has 3 heterocycles. The molecule has 7 nitrogen and oxygen atoms in total. The maximum atomic E-state index is 13.4. The maximum absolute atomic E-state index is 13.4. The van der Waals surface area contributed by atoms with Gasteiger partial charge in [0.05, 0.1) is 30.9 Å². The second-order valence-electron chi connectivity index (χ2n) is 7.99. The molecule has 0 aliphatic rings. The molecule has 0 amide bonds. The number of methoxy groups -OCH3 is 1. The first-order valence-corrected chi connectivity index (χ1v) is 10.9. The molecule has 1 atom stereocenters. The van der Waals surface area contributed by atoms with Gasteiger partial charge in [-0.2, -0.15) is 0 Å². The molecule has 0 fully saturated rings. The fourth-order valence-electron chi connectivity index (χ4n) is 3.86. The van der Waals surface area contributed by atoms with Crippen LogP contribution in [-0.2, 0) is 0 Å². The molecule has 0 saturated heterocycles. The number of anilines is 1. The summed E-state index contributed by atoms with van der Waals surface area (Å²) in [6, 6.07) is 11.6. The summed E-state index contributed by atoms with van der Waals surface area (Å²) in [6.45, 7) is 5.32. The second kappa shape index (κ2) is 9.94. The van der Waals surface area contributed by atoms with Crippen molar-refractivity contribution in [3.8, 4) is 23.0 Å². The number of aromatic nitrogens is 5. The smallest absolute Gasteiger partial charge is 0.238 e. The summed E-state index contributed by atoms with van der Waals surface area (Å²) in [5.41, 5.74) is 4.50.